The first-order chi connectivity index (χ1) is 8.69. The summed E-state index contributed by atoms with van der Waals surface area (Å²) in [6.07, 6.45) is 10.3. The lowest BCUT2D eigenvalue weighted by Crippen LogP contribution is -2.28. The van der Waals surface area contributed by atoms with E-state index in [2.05, 4.69) is 48.0 Å². The molecule has 1 heterocycles. The molecule has 0 saturated heterocycles. The van der Waals surface area contributed by atoms with Crippen LogP contribution in [0.15, 0.2) is 18.5 Å². The molecule has 0 fully saturated rings. The predicted molar refractivity (Wildman–Crippen MR) is 77.5 cm³/mol. The Morgan fingerprint density at radius 2 is 2.28 bits per heavy atom. The minimum absolute atomic E-state index is 0.471. The number of terminal acetylenes is 1. The van der Waals surface area contributed by atoms with Crippen LogP contribution in [0.4, 0.5) is 5.69 Å². The molecule has 0 atom stereocenters. The van der Waals surface area contributed by atoms with Crippen LogP contribution in [-0.4, -0.2) is 24.1 Å². The van der Waals surface area contributed by atoms with Crippen LogP contribution in [0.25, 0.3) is 0 Å². The van der Waals surface area contributed by atoms with Crippen LogP contribution >= 0.6 is 0 Å². The highest BCUT2D eigenvalue weighted by Gasteiger charge is 2.09. The van der Waals surface area contributed by atoms with E-state index in [1.165, 1.54) is 5.56 Å². The summed E-state index contributed by atoms with van der Waals surface area (Å²) in [6.45, 7) is 8.89. The van der Waals surface area contributed by atoms with E-state index in [9.17, 15) is 0 Å². The van der Waals surface area contributed by atoms with Gasteiger partial charge in [0.15, 0.2) is 0 Å². The van der Waals surface area contributed by atoms with Gasteiger partial charge in [0.1, 0.15) is 0 Å². The van der Waals surface area contributed by atoms with Gasteiger partial charge in [-0.3, -0.25) is 4.98 Å². The number of aromatic nitrogens is 1. The second kappa shape index (κ2) is 7.73. The van der Waals surface area contributed by atoms with Crippen molar-refractivity contribution in [2.75, 3.05) is 18.0 Å². The Balaban J connectivity index is 2.87. The van der Waals surface area contributed by atoms with E-state index in [1.807, 2.05) is 12.4 Å². The van der Waals surface area contributed by atoms with Gasteiger partial charge in [-0.2, -0.15) is 0 Å². The number of nitrogens with zero attached hydrogens (tertiary/aromatic N) is 2. The molecule has 0 aliphatic heterocycles. The van der Waals surface area contributed by atoms with Crippen LogP contribution in [-0.2, 0) is 6.54 Å². The molecule has 1 rings (SSSR count). The van der Waals surface area contributed by atoms with Crippen LogP contribution < -0.4 is 10.2 Å². The van der Waals surface area contributed by atoms with Gasteiger partial charge in [-0.1, -0.05) is 26.7 Å². The Bertz CT molecular complexity index is 393. The Hall–Kier alpha value is -1.53. The van der Waals surface area contributed by atoms with Crippen molar-refractivity contribution in [3.8, 4) is 12.3 Å². The van der Waals surface area contributed by atoms with Crippen molar-refractivity contribution in [1.82, 2.24) is 10.3 Å². The van der Waals surface area contributed by atoms with Crippen LogP contribution in [0.1, 0.15) is 32.8 Å². The molecular weight excluding hydrogens is 222 g/mol. The van der Waals surface area contributed by atoms with E-state index >= 15 is 0 Å². The lowest BCUT2D eigenvalue weighted by Gasteiger charge is -2.24. The molecule has 1 aromatic rings. The van der Waals surface area contributed by atoms with Crippen LogP contribution in [0, 0.1) is 12.3 Å². The molecule has 0 aromatic carbocycles. The van der Waals surface area contributed by atoms with E-state index in [4.69, 9.17) is 6.42 Å². The van der Waals surface area contributed by atoms with Crippen molar-refractivity contribution >= 4 is 5.69 Å². The summed E-state index contributed by atoms with van der Waals surface area (Å²) in [5.74, 6) is 2.72. The number of nitrogens with one attached hydrogen (secondary N) is 1. The molecule has 0 bridgehead atoms. The molecule has 0 unspecified atom stereocenters. The lowest BCUT2D eigenvalue weighted by atomic mass is 10.2. The van der Waals surface area contributed by atoms with Gasteiger partial charge in [-0.05, 0) is 18.1 Å². The summed E-state index contributed by atoms with van der Waals surface area (Å²) in [5.41, 5.74) is 2.40. The molecule has 3 nitrogen and oxygen atoms in total. The zero-order valence-electron chi connectivity index (χ0n) is 11.6. The molecule has 0 aliphatic carbocycles. The van der Waals surface area contributed by atoms with Gasteiger partial charge in [0.05, 0.1) is 18.4 Å². The van der Waals surface area contributed by atoms with E-state index in [1.54, 1.807) is 0 Å². The van der Waals surface area contributed by atoms with Crippen molar-refractivity contribution in [3.63, 3.8) is 0 Å². The lowest BCUT2D eigenvalue weighted by molar-refractivity contribution is 0.587. The molecule has 1 aromatic heterocycles. The third kappa shape index (κ3) is 4.38. The monoisotopic (exact) mass is 245 g/mol. The summed E-state index contributed by atoms with van der Waals surface area (Å²) in [7, 11) is 0. The van der Waals surface area contributed by atoms with Crippen molar-refractivity contribution in [3.05, 3.63) is 24.0 Å². The fourth-order valence-corrected chi connectivity index (χ4v) is 1.83. The average molecular weight is 245 g/mol. The van der Waals surface area contributed by atoms with Crippen molar-refractivity contribution in [2.24, 2.45) is 0 Å². The minimum atomic E-state index is 0.471. The maximum absolute atomic E-state index is 5.44. The highest BCUT2D eigenvalue weighted by molar-refractivity contribution is 5.52. The smallest absolute Gasteiger partial charge is 0.0792 e. The molecule has 0 saturated carbocycles. The molecule has 0 radical (unpaired) electrons. The molecule has 0 spiro atoms. The van der Waals surface area contributed by atoms with Crippen molar-refractivity contribution < 1.29 is 0 Å². The van der Waals surface area contributed by atoms with Gasteiger partial charge >= 0.3 is 0 Å². The summed E-state index contributed by atoms with van der Waals surface area (Å²) in [4.78, 5) is 6.43. The average Bonchev–Trinajstić information content (AvgIpc) is 2.36. The van der Waals surface area contributed by atoms with Gasteiger partial charge in [-0.25, -0.2) is 0 Å². The van der Waals surface area contributed by atoms with Gasteiger partial charge in [0.25, 0.3) is 0 Å². The van der Waals surface area contributed by atoms with E-state index in [0.717, 1.165) is 25.2 Å². The second-order valence-electron chi connectivity index (χ2n) is 4.67. The summed E-state index contributed by atoms with van der Waals surface area (Å²) in [5, 5.41) is 3.44. The van der Waals surface area contributed by atoms with Crippen molar-refractivity contribution in [1.29, 1.82) is 0 Å². The third-order valence-corrected chi connectivity index (χ3v) is 2.70. The number of anilines is 1. The quantitative estimate of drug-likeness (QED) is 0.748. The van der Waals surface area contributed by atoms with Gasteiger partial charge in [0.2, 0.25) is 0 Å². The topological polar surface area (TPSA) is 28.2 Å². The zero-order chi connectivity index (χ0) is 13.4. The SMILES string of the molecule is C#CCN(CCC)c1cnccc1CNC(C)C. The van der Waals surface area contributed by atoms with E-state index in [0.29, 0.717) is 12.6 Å². The molecule has 1 N–H and O–H groups in total. The Kier molecular flexibility index (Phi) is 6.24. The third-order valence-electron chi connectivity index (χ3n) is 2.70. The molecular formula is C15H23N3. The second-order valence-corrected chi connectivity index (χ2v) is 4.67. The van der Waals surface area contributed by atoms with Crippen LogP contribution in [0.5, 0.6) is 0 Å². The molecule has 3 heteroatoms. The first-order valence-electron chi connectivity index (χ1n) is 6.53. The first-order valence-corrected chi connectivity index (χ1v) is 6.53. The Morgan fingerprint density at radius 1 is 1.50 bits per heavy atom. The first kappa shape index (κ1) is 14.5. The summed E-state index contributed by atoms with van der Waals surface area (Å²) >= 11 is 0. The minimum Gasteiger partial charge on any atom is -0.359 e. The predicted octanol–water partition coefficient (Wildman–Crippen LogP) is 2.43. The van der Waals surface area contributed by atoms with E-state index in [-0.39, 0.29) is 0 Å². The van der Waals surface area contributed by atoms with Crippen LogP contribution in [0.2, 0.25) is 0 Å². The molecule has 0 amide bonds. The number of hydrogen-bond acceptors (Lipinski definition) is 3. The standard InChI is InChI=1S/C15H23N3/c1-5-9-18(10-6-2)15-12-16-8-7-14(15)11-17-13(3)4/h1,7-8,12-13,17H,6,9-11H2,2-4H3. The van der Waals surface area contributed by atoms with Crippen molar-refractivity contribution in [2.45, 2.75) is 39.8 Å². The fourth-order valence-electron chi connectivity index (χ4n) is 1.83. The Morgan fingerprint density at radius 3 is 2.89 bits per heavy atom. The van der Waals surface area contributed by atoms with Gasteiger partial charge < -0.3 is 10.2 Å². The van der Waals surface area contributed by atoms with Crippen LogP contribution in [0.3, 0.4) is 0 Å². The maximum Gasteiger partial charge on any atom is 0.0792 e. The molecule has 18 heavy (non-hydrogen) atoms. The Labute approximate surface area is 111 Å². The largest absolute Gasteiger partial charge is 0.359 e. The summed E-state index contributed by atoms with van der Waals surface area (Å²) in [6, 6.07) is 2.53. The number of hydrogen-bond donors (Lipinski definition) is 1. The highest BCUT2D eigenvalue weighted by atomic mass is 15.1. The molecule has 0 aliphatic rings. The molecule has 98 valence electrons. The summed E-state index contributed by atoms with van der Waals surface area (Å²) < 4.78 is 0. The van der Waals surface area contributed by atoms with Gasteiger partial charge in [0, 0.05) is 25.3 Å². The highest BCUT2D eigenvalue weighted by Crippen LogP contribution is 2.19. The maximum atomic E-state index is 5.44. The number of rotatable bonds is 7. The van der Waals surface area contributed by atoms with Gasteiger partial charge in [-0.15, -0.1) is 6.42 Å². The zero-order valence-corrected chi connectivity index (χ0v) is 11.6. The van der Waals surface area contributed by atoms with E-state index < -0.39 is 0 Å². The fraction of sp³-hybridized carbons (Fsp3) is 0.533. The number of pyridine rings is 1. The normalized spacial score (nSPS) is 10.4.